The van der Waals surface area contributed by atoms with Crippen molar-refractivity contribution in [3.63, 3.8) is 0 Å². The third-order valence-electron chi connectivity index (χ3n) is 3.42. The van der Waals surface area contributed by atoms with Crippen LogP contribution >= 0.6 is 0 Å². The van der Waals surface area contributed by atoms with Crippen LogP contribution in [-0.2, 0) is 32.7 Å². The number of alkyl halides is 3. The summed E-state index contributed by atoms with van der Waals surface area (Å²) in [6.07, 6.45) is -4.43. The van der Waals surface area contributed by atoms with Crippen molar-refractivity contribution in [2.24, 2.45) is 0 Å². The summed E-state index contributed by atoms with van der Waals surface area (Å²) in [6, 6.07) is 7.39. The van der Waals surface area contributed by atoms with Gasteiger partial charge in [0.1, 0.15) is 6.61 Å². The van der Waals surface area contributed by atoms with Crippen LogP contribution in [-0.4, -0.2) is 44.6 Å². The highest BCUT2D eigenvalue weighted by Gasteiger charge is 2.29. The lowest BCUT2D eigenvalue weighted by atomic mass is 10.0. The van der Waals surface area contributed by atoms with Gasteiger partial charge in [-0.05, 0) is 17.5 Å². The predicted octanol–water partition coefficient (Wildman–Crippen LogP) is 1.37. The van der Waals surface area contributed by atoms with Crippen LogP contribution in [0.15, 0.2) is 24.3 Å². The highest BCUT2D eigenvalue weighted by Crippen LogP contribution is 2.20. The van der Waals surface area contributed by atoms with Gasteiger partial charge in [-0.3, -0.25) is 4.79 Å². The fourth-order valence-corrected chi connectivity index (χ4v) is 3.45. The summed E-state index contributed by atoms with van der Waals surface area (Å²) in [5.41, 5.74) is 1.91. The Morgan fingerprint density at radius 1 is 1.25 bits per heavy atom. The number of rotatable bonds is 6. The van der Waals surface area contributed by atoms with Crippen LogP contribution in [0.5, 0.6) is 0 Å². The number of carbonyl (C=O) groups is 1. The first-order valence-corrected chi connectivity index (χ1v) is 8.63. The molecule has 2 rings (SSSR count). The van der Waals surface area contributed by atoms with Crippen molar-refractivity contribution in [2.45, 2.75) is 25.6 Å². The molecule has 6 nitrogen and oxygen atoms in total. The molecule has 0 saturated heterocycles. The number of hydrogen-bond acceptors (Lipinski definition) is 4. The van der Waals surface area contributed by atoms with E-state index < -0.39 is 41.9 Å². The minimum absolute atomic E-state index is 0.142. The molecule has 0 saturated carbocycles. The molecule has 0 bridgehead atoms. The van der Waals surface area contributed by atoms with Crippen LogP contribution in [0.2, 0.25) is 0 Å². The molecule has 0 aliphatic carbocycles. The molecule has 24 heavy (non-hydrogen) atoms. The predicted molar refractivity (Wildman–Crippen MR) is 79.1 cm³/mol. The first kappa shape index (κ1) is 18.7. The van der Waals surface area contributed by atoms with E-state index >= 15 is 0 Å². The maximum absolute atomic E-state index is 12.2. The molecule has 0 spiro atoms. The highest BCUT2D eigenvalue weighted by molar-refractivity contribution is 7.87. The molecule has 0 aromatic heterocycles. The van der Waals surface area contributed by atoms with Gasteiger partial charge in [0.2, 0.25) is 5.91 Å². The third kappa shape index (κ3) is 5.46. The lowest BCUT2D eigenvalue weighted by molar-refractivity contribution is -0.174. The van der Waals surface area contributed by atoms with Crippen molar-refractivity contribution < 1.29 is 31.1 Å². The molecular formula is C14H17F3N2O4S. The van der Waals surface area contributed by atoms with E-state index in [0.29, 0.717) is 6.42 Å². The lowest BCUT2D eigenvalue weighted by Crippen LogP contribution is -2.45. The molecular weight excluding hydrogens is 349 g/mol. The van der Waals surface area contributed by atoms with Gasteiger partial charge in [0.05, 0.1) is 13.0 Å². The van der Waals surface area contributed by atoms with Gasteiger partial charge in [-0.25, -0.2) is 4.72 Å². The number of carbonyl (C=O) groups excluding carboxylic acids is 1. The first-order chi connectivity index (χ1) is 11.2. The largest absolute Gasteiger partial charge is 0.411 e. The number of amides is 1. The van der Waals surface area contributed by atoms with Gasteiger partial charge in [0.25, 0.3) is 0 Å². The molecule has 1 heterocycles. The SMILES string of the molecule is O=C(CCOCC(F)(F)F)NS(=O)(=O)N1CCc2ccccc2C1. The van der Waals surface area contributed by atoms with Crippen LogP contribution in [0.3, 0.4) is 0 Å². The van der Waals surface area contributed by atoms with E-state index in [1.165, 1.54) is 0 Å². The molecule has 10 heteroatoms. The number of hydrogen-bond donors (Lipinski definition) is 1. The highest BCUT2D eigenvalue weighted by atomic mass is 32.2. The average molecular weight is 366 g/mol. The molecule has 134 valence electrons. The van der Waals surface area contributed by atoms with Gasteiger partial charge in [0, 0.05) is 13.1 Å². The Bertz CT molecular complexity index is 692. The number of fused-ring (bicyclic) bond motifs is 1. The van der Waals surface area contributed by atoms with Crippen LogP contribution < -0.4 is 4.72 Å². The summed E-state index contributed by atoms with van der Waals surface area (Å²) >= 11 is 0. The molecule has 1 N–H and O–H groups in total. The summed E-state index contributed by atoms with van der Waals surface area (Å²) in [5, 5.41) is 0. The minimum Gasteiger partial charge on any atom is -0.372 e. The number of nitrogens with one attached hydrogen (secondary N) is 1. The second kappa shape index (κ2) is 7.49. The Hall–Kier alpha value is -1.65. The number of nitrogens with zero attached hydrogens (tertiary/aromatic N) is 1. The Morgan fingerprint density at radius 3 is 2.58 bits per heavy atom. The molecule has 0 unspecified atom stereocenters. The van der Waals surface area contributed by atoms with E-state index in [0.717, 1.165) is 15.4 Å². The molecule has 0 radical (unpaired) electrons. The average Bonchev–Trinajstić information content (AvgIpc) is 2.50. The summed E-state index contributed by atoms with van der Waals surface area (Å²) in [6.45, 7) is -1.62. The quantitative estimate of drug-likeness (QED) is 0.772. The molecule has 1 aliphatic heterocycles. The Labute approximate surface area is 137 Å². The molecule has 0 fully saturated rings. The van der Waals surface area contributed by atoms with E-state index in [1.807, 2.05) is 22.9 Å². The smallest absolute Gasteiger partial charge is 0.372 e. The van der Waals surface area contributed by atoms with Gasteiger partial charge in [-0.1, -0.05) is 24.3 Å². The zero-order valence-electron chi connectivity index (χ0n) is 12.7. The maximum atomic E-state index is 12.2. The van der Waals surface area contributed by atoms with Crippen LogP contribution in [0, 0.1) is 0 Å². The van der Waals surface area contributed by atoms with E-state index in [4.69, 9.17) is 0 Å². The molecule has 1 aromatic carbocycles. The molecule has 1 aliphatic rings. The fraction of sp³-hybridized carbons (Fsp3) is 0.500. The summed E-state index contributed by atoms with van der Waals surface area (Å²) in [4.78, 5) is 11.6. The third-order valence-corrected chi connectivity index (χ3v) is 4.89. The minimum atomic E-state index is -4.48. The van der Waals surface area contributed by atoms with Crippen molar-refractivity contribution in [1.29, 1.82) is 0 Å². The number of benzene rings is 1. The van der Waals surface area contributed by atoms with E-state index in [-0.39, 0.29) is 13.1 Å². The fourth-order valence-electron chi connectivity index (χ4n) is 2.29. The lowest BCUT2D eigenvalue weighted by Gasteiger charge is -2.27. The second-order valence-electron chi connectivity index (χ2n) is 5.30. The number of ether oxygens (including phenoxy) is 1. The summed E-state index contributed by atoms with van der Waals surface area (Å²) in [5.74, 6) is -0.906. The molecule has 1 amide bonds. The monoisotopic (exact) mass is 366 g/mol. The van der Waals surface area contributed by atoms with E-state index in [2.05, 4.69) is 4.74 Å². The maximum Gasteiger partial charge on any atom is 0.411 e. The van der Waals surface area contributed by atoms with Crippen molar-refractivity contribution >= 4 is 16.1 Å². The standard InChI is InChI=1S/C14H17F3N2O4S/c15-14(16,17)10-23-8-6-13(20)18-24(21,22)19-7-5-11-3-1-2-4-12(11)9-19/h1-4H,5-10H2,(H,18,20). The zero-order chi connectivity index (χ0) is 17.8. The van der Waals surface area contributed by atoms with Gasteiger partial charge in [-0.15, -0.1) is 0 Å². The van der Waals surface area contributed by atoms with Gasteiger partial charge in [-0.2, -0.15) is 25.9 Å². The van der Waals surface area contributed by atoms with Crippen LogP contribution in [0.25, 0.3) is 0 Å². The van der Waals surface area contributed by atoms with Crippen molar-refractivity contribution in [2.75, 3.05) is 19.8 Å². The van der Waals surface area contributed by atoms with Gasteiger partial charge < -0.3 is 4.74 Å². The Balaban J connectivity index is 1.84. The van der Waals surface area contributed by atoms with E-state index in [9.17, 15) is 26.4 Å². The van der Waals surface area contributed by atoms with Crippen LogP contribution in [0.4, 0.5) is 13.2 Å². The second-order valence-corrected chi connectivity index (χ2v) is 6.97. The van der Waals surface area contributed by atoms with Gasteiger partial charge in [0.15, 0.2) is 0 Å². The van der Waals surface area contributed by atoms with Gasteiger partial charge >= 0.3 is 16.4 Å². The zero-order valence-corrected chi connectivity index (χ0v) is 13.5. The Morgan fingerprint density at radius 2 is 1.92 bits per heavy atom. The van der Waals surface area contributed by atoms with Crippen molar-refractivity contribution in [1.82, 2.24) is 9.03 Å². The first-order valence-electron chi connectivity index (χ1n) is 7.19. The molecule has 1 aromatic rings. The van der Waals surface area contributed by atoms with Crippen molar-refractivity contribution in [3.05, 3.63) is 35.4 Å². The topological polar surface area (TPSA) is 75.7 Å². The van der Waals surface area contributed by atoms with Crippen LogP contribution in [0.1, 0.15) is 17.5 Å². The van der Waals surface area contributed by atoms with E-state index in [1.54, 1.807) is 6.07 Å². The van der Waals surface area contributed by atoms with Crippen molar-refractivity contribution in [3.8, 4) is 0 Å². The number of halogens is 3. The Kier molecular flexibility index (Phi) is 5.83. The molecule has 0 atom stereocenters. The normalized spacial score (nSPS) is 15.8. The summed E-state index contributed by atoms with van der Waals surface area (Å²) < 4.78 is 67.3. The summed E-state index contributed by atoms with van der Waals surface area (Å²) in [7, 11) is -4.03.